The quantitative estimate of drug-likeness (QED) is 0.779. The maximum atomic E-state index is 3.74. The third-order valence-electron chi connectivity index (χ3n) is 5.75. The summed E-state index contributed by atoms with van der Waals surface area (Å²) in [5.74, 6) is 0. The van der Waals surface area contributed by atoms with E-state index in [1.165, 1.54) is 36.2 Å². The van der Waals surface area contributed by atoms with E-state index in [0.29, 0.717) is 6.04 Å². The third-order valence-corrected chi connectivity index (χ3v) is 5.75. The van der Waals surface area contributed by atoms with Crippen LogP contribution < -0.4 is 5.32 Å². The molecule has 0 saturated carbocycles. The van der Waals surface area contributed by atoms with E-state index in [1.54, 1.807) is 0 Å². The molecule has 3 rings (SSSR count). The van der Waals surface area contributed by atoms with E-state index in [9.17, 15) is 0 Å². The van der Waals surface area contributed by atoms with Gasteiger partial charge >= 0.3 is 0 Å². The zero-order chi connectivity index (χ0) is 17.0. The molecule has 0 aromatic heterocycles. The lowest BCUT2D eigenvalue weighted by molar-refractivity contribution is 0.282. The van der Waals surface area contributed by atoms with Gasteiger partial charge in [-0.05, 0) is 56.6 Å². The molecular formula is C22H30N2. The second kappa shape index (κ2) is 7.40. The number of nitrogens with zero attached hydrogens (tertiary/aromatic N) is 1. The van der Waals surface area contributed by atoms with Crippen molar-refractivity contribution in [1.82, 2.24) is 4.90 Å². The van der Waals surface area contributed by atoms with E-state index in [2.05, 4.69) is 85.6 Å². The fraction of sp³-hybridized carbons (Fsp3) is 0.455. The topological polar surface area (TPSA) is 15.3 Å². The van der Waals surface area contributed by atoms with E-state index in [1.807, 2.05) is 0 Å². The van der Waals surface area contributed by atoms with Gasteiger partial charge in [0.1, 0.15) is 0 Å². The lowest BCUT2D eigenvalue weighted by Gasteiger charge is -2.36. The highest BCUT2D eigenvalue weighted by Gasteiger charge is 2.45. The molecular weight excluding hydrogens is 292 g/mol. The SMILES string of the molecule is CCN(CC)CCCC1(c2ccccc2)c2ccccc2NC1C. The van der Waals surface area contributed by atoms with Crippen molar-refractivity contribution in [2.24, 2.45) is 0 Å². The van der Waals surface area contributed by atoms with Gasteiger partial charge in [0.2, 0.25) is 0 Å². The molecule has 2 nitrogen and oxygen atoms in total. The van der Waals surface area contributed by atoms with E-state index >= 15 is 0 Å². The average Bonchev–Trinajstić information content (AvgIpc) is 2.92. The van der Waals surface area contributed by atoms with Crippen molar-refractivity contribution in [1.29, 1.82) is 0 Å². The molecule has 2 unspecified atom stereocenters. The molecule has 0 saturated heterocycles. The predicted octanol–water partition coefficient (Wildman–Crippen LogP) is 4.91. The second-order valence-electron chi connectivity index (χ2n) is 6.88. The van der Waals surface area contributed by atoms with Crippen molar-refractivity contribution in [2.45, 2.75) is 45.1 Å². The molecule has 1 aliphatic heterocycles. The fourth-order valence-corrected chi connectivity index (χ4v) is 4.35. The molecule has 0 spiro atoms. The summed E-state index contributed by atoms with van der Waals surface area (Å²) < 4.78 is 0. The molecule has 24 heavy (non-hydrogen) atoms. The normalized spacial score (nSPS) is 22.4. The van der Waals surface area contributed by atoms with E-state index in [4.69, 9.17) is 0 Å². The van der Waals surface area contributed by atoms with Crippen LogP contribution in [0.5, 0.6) is 0 Å². The number of hydrogen-bond acceptors (Lipinski definition) is 2. The number of rotatable bonds is 7. The minimum atomic E-state index is 0.0744. The molecule has 2 aromatic carbocycles. The van der Waals surface area contributed by atoms with Gasteiger partial charge in [0, 0.05) is 17.1 Å². The molecule has 1 aliphatic rings. The minimum absolute atomic E-state index is 0.0744. The third kappa shape index (κ3) is 2.95. The Morgan fingerprint density at radius 2 is 1.62 bits per heavy atom. The minimum Gasteiger partial charge on any atom is -0.381 e. The first-order valence-electron chi connectivity index (χ1n) is 9.36. The molecule has 2 aromatic rings. The van der Waals surface area contributed by atoms with E-state index in [0.717, 1.165) is 13.1 Å². The maximum absolute atomic E-state index is 3.74. The van der Waals surface area contributed by atoms with Gasteiger partial charge in [-0.2, -0.15) is 0 Å². The smallest absolute Gasteiger partial charge is 0.0422 e. The van der Waals surface area contributed by atoms with Crippen molar-refractivity contribution < 1.29 is 0 Å². The van der Waals surface area contributed by atoms with Crippen LogP contribution >= 0.6 is 0 Å². The Morgan fingerprint density at radius 1 is 0.958 bits per heavy atom. The summed E-state index contributed by atoms with van der Waals surface area (Å²) >= 11 is 0. The van der Waals surface area contributed by atoms with Crippen molar-refractivity contribution in [3.63, 3.8) is 0 Å². The molecule has 0 amide bonds. The largest absolute Gasteiger partial charge is 0.381 e. The highest BCUT2D eigenvalue weighted by atomic mass is 15.1. The van der Waals surface area contributed by atoms with Crippen molar-refractivity contribution >= 4 is 5.69 Å². The standard InChI is InChI=1S/C22H30N2/c1-4-24(5-2)17-11-16-22(19-12-7-6-8-13-19)18(3)23-21-15-10-9-14-20(21)22/h6-10,12-15,18,23H,4-5,11,16-17H2,1-3H3. The monoisotopic (exact) mass is 322 g/mol. The zero-order valence-electron chi connectivity index (χ0n) is 15.3. The second-order valence-corrected chi connectivity index (χ2v) is 6.88. The first kappa shape index (κ1) is 17.0. The number of fused-ring (bicyclic) bond motifs is 1. The van der Waals surface area contributed by atoms with Gasteiger partial charge in [-0.15, -0.1) is 0 Å². The Morgan fingerprint density at radius 3 is 2.33 bits per heavy atom. The summed E-state index contributed by atoms with van der Waals surface area (Å²) in [6, 6.07) is 20.3. The van der Waals surface area contributed by atoms with Gasteiger partial charge in [0.25, 0.3) is 0 Å². The number of anilines is 1. The molecule has 0 bridgehead atoms. The molecule has 0 radical (unpaired) electrons. The maximum Gasteiger partial charge on any atom is 0.0422 e. The van der Waals surface area contributed by atoms with Crippen LogP contribution in [-0.2, 0) is 5.41 Å². The highest BCUT2D eigenvalue weighted by Crippen LogP contribution is 2.48. The van der Waals surface area contributed by atoms with Gasteiger partial charge in [0.05, 0.1) is 0 Å². The molecule has 2 heteroatoms. The lowest BCUT2D eigenvalue weighted by atomic mass is 9.68. The van der Waals surface area contributed by atoms with Crippen LogP contribution in [0.15, 0.2) is 54.6 Å². The van der Waals surface area contributed by atoms with Crippen LogP contribution in [0.25, 0.3) is 0 Å². The average molecular weight is 322 g/mol. The summed E-state index contributed by atoms with van der Waals surface area (Å²) in [4.78, 5) is 2.53. The fourth-order valence-electron chi connectivity index (χ4n) is 4.35. The Balaban J connectivity index is 1.94. The summed E-state index contributed by atoms with van der Waals surface area (Å²) in [7, 11) is 0. The molecule has 2 atom stereocenters. The summed E-state index contributed by atoms with van der Waals surface area (Å²) in [5, 5.41) is 3.74. The van der Waals surface area contributed by atoms with Crippen molar-refractivity contribution in [2.75, 3.05) is 25.0 Å². The van der Waals surface area contributed by atoms with Crippen LogP contribution in [0.2, 0.25) is 0 Å². The first-order valence-corrected chi connectivity index (χ1v) is 9.36. The van der Waals surface area contributed by atoms with Gasteiger partial charge in [-0.3, -0.25) is 0 Å². The lowest BCUT2D eigenvalue weighted by Crippen LogP contribution is -2.39. The highest BCUT2D eigenvalue weighted by molar-refractivity contribution is 5.65. The van der Waals surface area contributed by atoms with Crippen molar-refractivity contribution in [3.05, 3.63) is 65.7 Å². The van der Waals surface area contributed by atoms with Crippen molar-refractivity contribution in [3.8, 4) is 0 Å². The number of nitrogens with one attached hydrogen (secondary N) is 1. The summed E-state index contributed by atoms with van der Waals surface area (Å²) in [6.45, 7) is 10.3. The Kier molecular flexibility index (Phi) is 5.25. The molecule has 128 valence electrons. The number of para-hydroxylation sites is 1. The predicted molar refractivity (Wildman–Crippen MR) is 104 cm³/mol. The number of hydrogen-bond donors (Lipinski definition) is 1. The Bertz CT molecular complexity index is 648. The van der Waals surface area contributed by atoms with Crippen LogP contribution in [0.4, 0.5) is 5.69 Å². The molecule has 1 heterocycles. The van der Waals surface area contributed by atoms with Crippen LogP contribution in [0.1, 0.15) is 44.7 Å². The van der Waals surface area contributed by atoms with E-state index < -0.39 is 0 Å². The molecule has 1 N–H and O–H groups in total. The Hall–Kier alpha value is -1.80. The van der Waals surface area contributed by atoms with Crippen LogP contribution in [0, 0.1) is 0 Å². The number of benzene rings is 2. The summed E-state index contributed by atoms with van der Waals surface area (Å²) in [6.07, 6.45) is 2.40. The zero-order valence-corrected chi connectivity index (χ0v) is 15.3. The van der Waals surface area contributed by atoms with Gasteiger partial charge in [0.15, 0.2) is 0 Å². The molecule has 0 aliphatic carbocycles. The molecule has 0 fully saturated rings. The van der Waals surface area contributed by atoms with E-state index in [-0.39, 0.29) is 5.41 Å². The Labute approximate surface area is 146 Å². The first-order chi connectivity index (χ1) is 11.7. The van der Waals surface area contributed by atoms with Gasteiger partial charge in [-0.25, -0.2) is 0 Å². The summed E-state index contributed by atoms with van der Waals surface area (Å²) in [5.41, 5.74) is 4.28. The van der Waals surface area contributed by atoms with Crippen LogP contribution in [0.3, 0.4) is 0 Å². The van der Waals surface area contributed by atoms with Gasteiger partial charge < -0.3 is 10.2 Å². The van der Waals surface area contributed by atoms with Crippen LogP contribution in [-0.4, -0.2) is 30.6 Å². The van der Waals surface area contributed by atoms with Gasteiger partial charge in [-0.1, -0.05) is 62.4 Å².